The molecule has 0 aliphatic carbocycles. The highest BCUT2D eigenvalue weighted by Crippen LogP contribution is 2.23. The summed E-state index contributed by atoms with van der Waals surface area (Å²) in [7, 11) is 1.74. The zero-order valence-corrected chi connectivity index (χ0v) is 18.2. The minimum Gasteiger partial charge on any atom is -0.444 e. The maximum absolute atomic E-state index is 12.8. The minimum absolute atomic E-state index is 0.134. The smallest absolute Gasteiger partial charge is 0.277 e. The van der Waals surface area contributed by atoms with Crippen LogP contribution >= 0.6 is 0 Å². The van der Waals surface area contributed by atoms with Gasteiger partial charge < -0.3 is 20.2 Å². The van der Waals surface area contributed by atoms with E-state index in [-0.39, 0.29) is 5.69 Å². The number of aliphatic hydroxyl groups excluding tert-OH is 1. The minimum atomic E-state index is -0.977. The molecule has 1 aliphatic rings. The molecule has 170 valence electrons. The van der Waals surface area contributed by atoms with Gasteiger partial charge in [-0.05, 0) is 31.5 Å². The number of aryl methyl sites for hydroxylation is 1. The Labute approximate surface area is 186 Å². The van der Waals surface area contributed by atoms with E-state index in [1.807, 2.05) is 6.07 Å². The first-order valence-corrected chi connectivity index (χ1v) is 11.0. The number of hydrogen-bond acceptors (Lipinski definition) is 8. The standard InChI is InChI=1S/C22H29N7O3/c1-29-13-16-19(28-29)21(31)25-10-7-5-3-2-4-6-9-23-18-12-15(8-11-24-18)22-27-17(14-32-22)20(30)26-16/h8,11-14,21,25,31H,2-7,9-10H2,1H3,(H,23,24)(H,26,30). The van der Waals surface area contributed by atoms with Crippen LogP contribution in [0.4, 0.5) is 11.5 Å². The molecule has 1 atom stereocenters. The Bertz CT molecular complexity index is 1050. The fourth-order valence-corrected chi connectivity index (χ4v) is 3.67. The van der Waals surface area contributed by atoms with Gasteiger partial charge in [0, 0.05) is 31.5 Å². The number of aromatic nitrogens is 4. The second-order valence-electron chi connectivity index (χ2n) is 7.93. The molecule has 1 unspecified atom stereocenters. The van der Waals surface area contributed by atoms with E-state index in [0.717, 1.165) is 50.0 Å². The van der Waals surface area contributed by atoms with Gasteiger partial charge in [0.25, 0.3) is 5.91 Å². The lowest BCUT2D eigenvalue weighted by Gasteiger charge is -2.12. The number of rotatable bonds is 0. The van der Waals surface area contributed by atoms with Gasteiger partial charge in [0.1, 0.15) is 17.8 Å². The van der Waals surface area contributed by atoms with Crippen molar-refractivity contribution in [3.63, 3.8) is 0 Å². The number of pyridine rings is 1. The molecular formula is C22H29N7O3. The average Bonchev–Trinajstić information content (AvgIpc) is 3.41. The number of nitrogens with zero attached hydrogens (tertiary/aromatic N) is 4. The summed E-state index contributed by atoms with van der Waals surface area (Å²) in [5, 5.41) is 24.0. The van der Waals surface area contributed by atoms with Gasteiger partial charge in [-0.2, -0.15) is 5.10 Å². The second-order valence-corrected chi connectivity index (χ2v) is 7.93. The first kappa shape index (κ1) is 22.0. The Kier molecular flexibility index (Phi) is 7.13. The van der Waals surface area contributed by atoms with Crippen molar-refractivity contribution in [1.82, 2.24) is 25.1 Å². The molecule has 3 aromatic rings. The number of anilines is 2. The highest BCUT2D eigenvalue weighted by molar-refractivity contribution is 6.03. The van der Waals surface area contributed by atoms with Crippen LogP contribution in [0.3, 0.4) is 0 Å². The molecule has 4 N–H and O–H groups in total. The quantitative estimate of drug-likeness (QED) is 0.420. The van der Waals surface area contributed by atoms with Gasteiger partial charge in [0.15, 0.2) is 11.9 Å². The number of oxazole rings is 1. The number of carbonyl (C=O) groups is 1. The largest absolute Gasteiger partial charge is 0.444 e. The molecular weight excluding hydrogens is 410 g/mol. The van der Waals surface area contributed by atoms with Crippen LogP contribution in [0.15, 0.2) is 35.2 Å². The normalized spacial score (nSPS) is 18.7. The zero-order chi connectivity index (χ0) is 22.3. The van der Waals surface area contributed by atoms with Gasteiger partial charge in [0.2, 0.25) is 5.89 Å². The lowest BCUT2D eigenvalue weighted by molar-refractivity contribution is 0.102. The highest BCUT2D eigenvalue weighted by atomic mass is 16.3. The second kappa shape index (κ2) is 10.4. The van der Waals surface area contributed by atoms with Crippen molar-refractivity contribution in [3.8, 4) is 11.5 Å². The van der Waals surface area contributed by atoms with Crippen LogP contribution in [0.2, 0.25) is 0 Å². The van der Waals surface area contributed by atoms with Crippen molar-refractivity contribution < 1.29 is 14.3 Å². The van der Waals surface area contributed by atoms with Crippen molar-refractivity contribution in [3.05, 3.63) is 42.2 Å². The van der Waals surface area contributed by atoms with E-state index in [4.69, 9.17) is 4.42 Å². The molecule has 0 radical (unpaired) electrons. The fourth-order valence-electron chi connectivity index (χ4n) is 3.67. The van der Waals surface area contributed by atoms with Gasteiger partial charge >= 0.3 is 0 Å². The van der Waals surface area contributed by atoms with Crippen LogP contribution in [0.5, 0.6) is 0 Å². The molecule has 32 heavy (non-hydrogen) atoms. The Morgan fingerprint density at radius 3 is 2.78 bits per heavy atom. The summed E-state index contributed by atoms with van der Waals surface area (Å²) in [6.07, 6.45) is 10.3. The van der Waals surface area contributed by atoms with Crippen molar-refractivity contribution in [2.75, 3.05) is 23.7 Å². The van der Waals surface area contributed by atoms with Crippen molar-refractivity contribution in [2.24, 2.45) is 7.05 Å². The molecule has 4 rings (SSSR count). The fraction of sp³-hybridized carbons (Fsp3) is 0.455. The average molecular weight is 440 g/mol. The Balaban J connectivity index is 1.56. The third-order valence-corrected chi connectivity index (χ3v) is 5.36. The third kappa shape index (κ3) is 5.51. The summed E-state index contributed by atoms with van der Waals surface area (Å²) in [6.45, 7) is 1.51. The first-order valence-electron chi connectivity index (χ1n) is 11.0. The molecule has 4 bridgehead atoms. The molecule has 1 amide bonds. The van der Waals surface area contributed by atoms with E-state index in [2.05, 4.69) is 31.0 Å². The van der Waals surface area contributed by atoms with E-state index in [1.54, 1.807) is 30.2 Å². The first-order chi connectivity index (χ1) is 15.6. The number of nitrogens with one attached hydrogen (secondary N) is 3. The number of hydrogen-bond donors (Lipinski definition) is 4. The van der Waals surface area contributed by atoms with E-state index in [1.165, 1.54) is 12.7 Å². The molecule has 0 aromatic carbocycles. The molecule has 0 fully saturated rings. The maximum Gasteiger partial charge on any atom is 0.277 e. The van der Waals surface area contributed by atoms with Crippen LogP contribution in [-0.2, 0) is 7.05 Å². The van der Waals surface area contributed by atoms with E-state index >= 15 is 0 Å². The summed E-state index contributed by atoms with van der Waals surface area (Å²) in [5.74, 6) is 0.636. The van der Waals surface area contributed by atoms with Crippen LogP contribution in [0, 0.1) is 0 Å². The molecule has 0 saturated heterocycles. The molecule has 10 nitrogen and oxygen atoms in total. The number of fused-ring (bicyclic) bond motifs is 6. The van der Waals surface area contributed by atoms with Gasteiger partial charge in [-0.15, -0.1) is 0 Å². The zero-order valence-electron chi connectivity index (χ0n) is 18.2. The number of amides is 1. The van der Waals surface area contributed by atoms with Crippen LogP contribution in [0.25, 0.3) is 11.5 Å². The molecule has 0 saturated carbocycles. The highest BCUT2D eigenvalue weighted by Gasteiger charge is 2.21. The summed E-state index contributed by atoms with van der Waals surface area (Å²) in [4.78, 5) is 21.4. The Morgan fingerprint density at radius 1 is 1.16 bits per heavy atom. The molecule has 4 heterocycles. The van der Waals surface area contributed by atoms with Crippen LogP contribution < -0.4 is 16.0 Å². The van der Waals surface area contributed by atoms with Gasteiger partial charge in [-0.25, -0.2) is 9.97 Å². The van der Waals surface area contributed by atoms with Gasteiger partial charge in [0.05, 0.1) is 5.69 Å². The Morgan fingerprint density at radius 2 is 1.94 bits per heavy atom. The van der Waals surface area contributed by atoms with Gasteiger partial charge in [-0.3, -0.25) is 14.8 Å². The molecule has 1 aliphatic heterocycles. The van der Waals surface area contributed by atoms with E-state index in [0.29, 0.717) is 23.8 Å². The lowest BCUT2D eigenvalue weighted by atomic mass is 10.1. The van der Waals surface area contributed by atoms with Crippen LogP contribution in [-0.4, -0.2) is 43.9 Å². The summed E-state index contributed by atoms with van der Waals surface area (Å²) in [6, 6.07) is 3.65. The number of carbonyl (C=O) groups excluding carboxylic acids is 1. The summed E-state index contributed by atoms with van der Waals surface area (Å²) >= 11 is 0. The van der Waals surface area contributed by atoms with E-state index in [9.17, 15) is 9.90 Å². The van der Waals surface area contributed by atoms with Crippen LogP contribution in [0.1, 0.15) is 60.9 Å². The third-order valence-electron chi connectivity index (χ3n) is 5.36. The molecule has 0 spiro atoms. The SMILES string of the molecule is Cn1cc2c(n1)C(O)NCCCCCCCCNc1cc(ccn1)-c1nc(co1)C(=O)N2. The molecule has 3 aromatic heterocycles. The number of aliphatic hydroxyl groups is 1. The van der Waals surface area contributed by atoms with E-state index < -0.39 is 12.1 Å². The van der Waals surface area contributed by atoms with Crippen molar-refractivity contribution in [2.45, 2.75) is 44.8 Å². The Hall–Kier alpha value is -3.24. The topological polar surface area (TPSA) is 130 Å². The predicted octanol–water partition coefficient (Wildman–Crippen LogP) is 3.07. The summed E-state index contributed by atoms with van der Waals surface area (Å²) in [5.41, 5.74) is 1.65. The molecule has 10 heteroatoms. The van der Waals surface area contributed by atoms with Crippen molar-refractivity contribution >= 4 is 17.4 Å². The summed E-state index contributed by atoms with van der Waals surface area (Å²) < 4.78 is 7.09. The predicted molar refractivity (Wildman–Crippen MR) is 120 cm³/mol. The van der Waals surface area contributed by atoms with Gasteiger partial charge in [-0.1, -0.05) is 25.7 Å². The maximum atomic E-state index is 12.8. The van der Waals surface area contributed by atoms with Crippen molar-refractivity contribution in [1.29, 1.82) is 0 Å². The lowest BCUT2D eigenvalue weighted by Crippen LogP contribution is -2.24. The monoisotopic (exact) mass is 439 g/mol.